The van der Waals surface area contributed by atoms with Gasteiger partial charge >= 0.3 is 57.4 Å². The maximum atomic E-state index is 10.9. The number of hydrogen-bond acceptors (Lipinski definition) is 9. The summed E-state index contributed by atoms with van der Waals surface area (Å²) in [5.41, 5.74) is 0. The number of rotatable bonds is 11. The summed E-state index contributed by atoms with van der Waals surface area (Å²) in [5, 5.41) is 33.7. The zero-order chi connectivity index (χ0) is 36.3. The van der Waals surface area contributed by atoms with E-state index in [4.69, 9.17) is 32.5 Å². The first-order valence-corrected chi connectivity index (χ1v) is 24.1. The van der Waals surface area contributed by atoms with Gasteiger partial charge in [-0.3, -0.25) is 4.79 Å². The van der Waals surface area contributed by atoms with Crippen LogP contribution in [0.4, 0.5) is 0 Å². The number of carboxylic acids is 1. The van der Waals surface area contributed by atoms with Crippen LogP contribution in [0.2, 0.25) is 0 Å². The van der Waals surface area contributed by atoms with E-state index in [9.17, 15) is 4.79 Å². The van der Waals surface area contributed by atoms with E-state index in [1.54, 1.807) is 29.6 Å². The average molecular weight is 841 g/mol. The molecule has 0 aliphatic heterocycles. The number of nitrogens with zero attached hydrogens (tertiary/aromatic N) is 3. The summed E-state index contributed by atoms with van der Waals surface area (Å²) in [6, 6.07) is 6.32. The van der Waals surface area contributed by atoms with Crippen molar-refractivity contribution in [1.29, 1.82) is 15.8 Å². The average Bonchev–Trinajstić information content (AvgIpc) is 4.13. The van der Waals surface area contributed by atoms with Crippen LogP contribution in [0.3, 0.4) is 0 Å². The van der Waals surface area contributed by atoms with E-state index in [1.165, 1.54) is 140 Å². The Labute approximate surface area is 383 Å². The molecule has 6 aliphatic rings. The van der Waals surface area contributed by atoms with Gasteiger partial charge in [0.1, 0.15) is 15.4 Å². The summed E-state index contributed by atoms with van der Waals surface area (Å²) in [7, 11) is 0. The SMILES string of the molecule is N#CC1(SCC2CCCCC2)CC1.N#CCCl.N#CCSCC1CCCCC1.O=C(O)C1(SCC2CCCCC2)CC1.SCC1CCCCC1.[K+].[OH-]. The predicted octanol–water partition coefficient (Wildman–Crippen LogP) is 9.17. The molecule has 0 aromatic heterocycles. The van der Waals surface area contributed by atoms with E-state index in [0.29, 0.717) is 5.75 Å². The molecule has 0 radical (unpaired) electrons. The Balaban J connectivity index is 0.000000646. The molecule has 0 amide bonds. The molecule has 292 valence electrons. The zero-order valence-corrected chi connectivity index (χ0v) is 39.4. The maximum absolute atomic E-state index is 10.9. The van der Waals surface area contributed by atoms with Gasteiger partial charge in [0.05, 0.1) is 24.0 Å². The zero-order valence-electron chi connectivity index (χ0n) is 32.2. The molecule has 6 fully saturated rings. The molecule has 12 heteroatoms. The molecule has 6 saturated carbocycles. The van der Waals surface area contributed by atoms with E-state index in [-0.39, 0.29) is 72.2 Å². The van der Waals surface area contributed by atoms with Crippen LogP contribution in [-0.4, -0.2) is 60.7 Å². The predicted molar refractivity (Wildman–Crippen MR) is 223 cm³/mol. The quantitative estimate of drug-likeness (QED) is 0.0903. The number of thiol groups is 1. The van der Waals surface area contributed by atoms with E-state index in [1.807, 2.05) is 11.8 Å². The van der Waals surface area contributed by atoms with E-state index in [0.717, 1.165) is 60.9 Å². The molecule has 0 heterocycles. The summed E-state index contributed by atoms with van der Waals surface area (Å²) < 4.78 is -0.297. The number of halogens is 1. The van der Waals surface area contributed by atoms with Gasteiger partial charge in [-0.15, -0.1) is 46.9 Å². The molecule has 6 nitrogen and oxygen atoms in total. The maximum Gasteiger partial charge on any atom is 1.00 e. The van der Waals surface area contributed by atoms with Crippen molar-refractivity contribution in [3.63, 3.8) is 0 Å². The summed E-state index contributed by atoms with van der Waals surface area (Å²) in [6.45, 7) is 0. The molecule has 0 aromatic carbocycles. The number of carbonyl (C=O) groups is 1. The summed E-state index contributed by atoms with van der Waals surface area (Å²) >= 11 is 14.5. The Hall–Kier alpha value is 1.23. The molecule has 0 spiro atoms. The smallest absolute Gasteiger partial charge is 0.870 e. The Morgan fingerprint density at radius 1 is 0.654 bits per heavy atom. The minimum atomic E-state index is -0.585. The van der Waals surface area contributed by atoms with E-state index >= 15 is 0 Å². The number of alkyl halides is 1. The van der Waals surface area contributed by atoms with Gasteiger partial charge in [-0.05, 0) is 124 Å². The molecule has 52 heavy (non-hydrogen) atoms. The van der Waals surface area contributed by atoms with Crippen LogP contribution in [-0.2, 0) is 4.79 Å². The Bertz CT molecular complexity index is 1020. The second kappa shape index (κ2) is 33.2. The fourth-order valence-corrected chi connectivity index (χ4v) is 11.2. The fourth-order valence-electron chi connectivity index (χ4n) is 7.19. The van der Waals surface area contributed by atoms with Crippen LogP contribution >= 0.6 is 59.5 Å². The standard InChI is InChI=1S/C11H17NS.C11H18O2S.C9H15NS.C7H14S.C2H2ClN.K.H2O/c12-9-11(6-7-11)13-8-10-4-2-1-3-5-10;12-10(13)11(6-7-11)14-8-9-4-2-1-3-5-9;10-6-7-11-8-9-4-2-1-3-5-9;8-6-7-4-2-1-3-5-7;3-1-2-4;;/h10H,1-8H2;9H,1-8H2,(H,12,13);9H,1-5,7-8H2;7-8H,1-6H2;1H2;;1H2/q;;;;;+1;/p-1. The van der Waals surface area contributed by atoms with Crippen LogP contribution in [0.25, 0.3) is 0 Å². The van der Waals surface area contributed by atoms with Crippen molar-refractivity contribution in [3.05, 3.63) is 0 Å². The van der Waals surface area contributed by atoms with Gasteiger partial charge in [-0.25, -0.2) is 0 Å². The summed E-state index contributed by atoms with van der Waals surface area (Å²) in [4.78, 5) is 10.9. The largest absolute Gasteiger partial charge is 1.00 e. The third kappa shape index (κ3) is 24.8. The normalized spacial score (nSPS) is 21.8. The van der Waals surface area contributed by atoms with Gasteiger partial charge in [-0.1, -0.05) is 77.0 Å². The first-order valence-electron chi connectivity index (χ1n) is 19.8. The minimum absolute atomic E-state index is 0. The molecule has 2 N–H and O–H groups in total. The third-order valence-corrected chi connectivity index (χ3v) is 16.1. The van der Waals surface area contributed by atoms with Crippen molar-refractivity contribution < 1.29 is 66.8 Å². The molecular formula is C40H67ClKN3O3S4. The van der Waals surface area contributed by atoms with Gasteiger partial charge in [0.15, 0.2) is 0 Å². The second-order valence-electron chi connectivity index (χ2n) is 15.2. The third-order valence-electron chi connectivity index (χ3n) is 10.9. The number of carboxylic acid groups (broad SMARTS) is 1. The summed E-state index contributed by atoms with van der Waals surface area (Å²) in [6.07, 6.45) is 32.2. The van der Waals surface area contributed by atoms with Crippen LogP contribution in [0.1, 0.15) is 154 Å². The van der Waals surface area contributed by atoms with Crippen LogP contribution in [0.5, 0.6) is 0 Å². The second-order valence-corrected chi connectivity index (χ2v) is 19.7. The fraction of sp³-hybridized carbons (Fsp3) is 0.900. The Morgan fingerprint density at radius 3 is 1.33 bits per heavy atom. The van der Waals surface area contributed by atoms with Crippen molar-refractivity contribution in [2.24, 2.45) is 23.7 Å². The molecule has 0 bridgehead atoms. The van der Waals surface area contributed by atoms with E-state index < -0.39 is 5.97 Å². The minimum Gasteiger partial charge on any atom is -0.870 e. The van der Waals surface area contributed by atoms with Crippen molar-refractivity contribution in [2.75, 3.05) is 34.6 Å². The van der Waals surface area contributed by atoms with Crippen LogP contribution in [0.15, 0.2) is 0 Å². The summed E-state index contributed by atoms with van der Waals surface area (Å²) in [5.74, 6) is 8.42. The van der Waals surface area contributed by atoms with Crippen molar-refractivity contribution >= 4 is 65.5 Å². The van der Waals surface area contributed by atoms with Gasteiger partial charge < -0.3 is 10.6 Å². The molecule has 6 aliphatic carbocycles. The number of aliphatic carboxylic acids is 1. The van der Waals surface area contributed by atoms with Gasteiger partial charge in [0.2, 0.25) is 0 Å². The van der Waals surface area contributed by atoms with Crippen LogP contribution in [0, 0.1) is 57.7 Å². The van der Waals surface area contributed by atoms with Gasteiger partial charge in [0.25, 0.3) is 0 Å². The number of nitriles is 3. The molecule has 0 unspecified atom stereocenters. The molecule has 0 saturated heterocycles. The van der Waals surface area contributed by atoms with E-state index in [2.05, 4.69) is 24.8 Å². The molecule has 0 aromatic rings. The molecule has 0 atom stereocenters. The topological polar surface area (TPSA) is 139 Å². The van der Waals surface area contributed by atoms with Crippen molar-refractivity contribution in [3.8, 4) is 18.2 Å². The van der Waals surface area contributed by atoms with Gasteiger partial charge in [-0.2, -0.15) is 28.4 Å². The number of hydrogen-bond donors (Lipinski definition) is 2. The van der Waals surface area contributed by atoms with Gasteiger partial charge in [0, 0.05) is 0 Å². The monoisotopic (exact) mass is 839 g/mol. The van der Waals surface area contributed by atoms with Crippen molar-refractivity contribution in [1.82, 2.24) is 0 Å². The van der Waals surface area contributed by atoms with Crippen LogP contribution < -0.4 is 51.4 Å². The first kappa shape index (κ1) is 53.2. The Kier molecular flexibility index (Phi) is 34.0. The number of thioether (sulfide) groups is 3. The Morgan fingerprint density at radius 2 is 1.04 bits per heavy atom. The van der Waals surface area contributed by atoms with Crippen molar-refractivity contribution in [2.45, 2.75) is 164 Å². The molecular weight excluding hydrogens is 773 g/mol. The first-order chi connectivity index (χ1) is 24.4. The molecule has 6 rings (SSSR count).